The molecule has 1 aliphatic carbocycles. The number of hydrogen-bond acceptors (Lipinski definition) is 3. The van der Waals surface area contributed by atoms with Gasteiger partial charge in [-0.05, 0) is 19.3 Å². The van der Waals surface area contributed by atoms with Gasteiger partial charge in [-0.1, -0.05) is 12.1 Å². The zero-order valence-corrected chi connectivity index (χ0v) is 8.25. The van der Waals surface area contributed by atoms with Crippen LogP contribution in [0.1, 0.15) is 48.4 Å². The highest BCUT2D eigenvalue weighted by atomic mass is 16.5. The van der Waals surface area contributed by atoms with Crippen LogP contribution in [-0.2, 0) is 0 Å². The van der Waals surface area contributed by atoms with Gasteiger partial charge in [-0.15, -0.1) is 0 Å². The molecule has 0 spiro atoms. The highest BCUT2D eigenvalue weighted by Gasteiger charge is 2.28. The van der Waals surface area contributed by atoms with E-state index >= 15 is 0 Å². The second kappa shape index (κ2) is 3.82. The van der Waals surface area contributed by atoms with Gasteiger partial charge in [-0.2, -0.15) is 0 Å². The summed E-state index contributed by atoms with van der Waals surface area (Å²) in [6.07, 6.45) is 3.25. The van der Waals surface area contributed by atoms with Crippen LogP contribution >= 0.6 is 0 Å². The molecular weight excluding hydrogens is 180 g/mol. The molecule has 1 amide bonds. The second-order valence-electron chi connectivity index (χ2n) is 3.64. The smallest absolute Gasteiger partial charge is 0.273 e. The molecule has 1 fully saturated rings. The molecule has 0 aliphatic heterocycles. The highest BCUT2D eigenvalue weighted by molar-refractivity contribution is 5.92. The molecule has 76 valence electrons. The SMILES string of the molecule is CCCNC(=O)c1cc(C2CC2)on1. The molecule has 1 saturated carbocycles. The largest absolute Gasteiger partial charge is 0.360 e. The molecule has 0 bridgehead atoms. The first-order chi connectivity index (χ1) is 6.81. The minimum absolute atomic E-state index is 0.137. The Bertz CT molecular complexity index is 329. The molecule has 0 saturated heterocycles. The van der Waals surface area contributed by atoms with E-state index in [2.05, 4.69) is 10.5 Å². The van der Waals surface area contributed by atoms with Gasteiger partial charge in [0.2, 0.25) is 0 Å². The Kier molecular flexibility index (Phi) is 2.52. The van der Waals surface area contributed by atoms with Crippen molar-refractivity contribution in [2.75, 3.05) is 6.54 Å². The molecule has 1 N–H and O–H groups in total. The zero-order valence-electron chi connectivity index (χ0n) is 8.25. The number of amides is 1. The summed E-state index contributed by atoms with van der Waals surface area (Å²) in [4.78, 5) is 11.4. The van der Waals surface area contributed by atoms with E-state index in [0.29, 0.717) is 18.2 Å². The number of hydrogen-bond donors (Lipinski definition) is 1. The third kappa shape index (κ3) is 1.95. The normalized spacial score (nSPS) is 15.5. The Labute approximate surface area is 82.7 Å². The average Bonchev–Trinajstić information content (AvgIpc) is 2.93. The van der Waals surface area contributed by atoms with Crippen LogP contribution < -0.4 is 5.32 Å². The van der Waals surface area contributed by atoms with Crippen LogP contribution in [0.5, 0.6) is 0 Å². The van der Waals surface area contributed by atoms with Crippen molar-refractivity contribution in [2.24, 2.45) is 0 Å². The lowest BCUT2D eigenvalue weighted by atomic mass is 10.3. The maximum absolute atomic E-state index is 11.4. The molecule has 0 atom stereocenters. The van der Waals surface area contributed by atoms with Crippen molar-refractivity contribution in [3.05, 3.63) is 17.5 Å². The summed E-state index contributed by atoms with van der Waals surface area (Å²) in [5.41, 5.74) is 0.403. The molecule has 1 aromatic rings. The van der Waals surface area contributed by atoms with Gasteiger partial charge in [0.1, 0.15) is 5.76 Å². The average molecular weight is 194 g/mol. The van der Waals surface area contributed by atoms with Gasteiger partial charge in [0, 0.05) is 18.5 Å². The summed E-state index contributed by atoms with van der Waals surface area (Å²) in [6.45, 7) is 2.70. The number of nitrogens with one attached hydrogen (secondary N) is 1. The molecule has 1 aliphatic rings. The minimum atomic E-state index is -0.137. The van der Waals surface area contributed by atoms with Crippen LogP contribution in [0.25, 0.3) is 0 Å². The lowest BCUT2D eigenvalue weighted by Gasteiger charge is -1.97. The van der Waals surface area contributed by atoms with E-state index in [1.54, 1.807) is 6.07 Å². The summed E-state index contributed by atoms with van der Waals surface area (Å²) >= 11 is 0. The van der Waals surface area contributed by atoms with Crippen molar-refractivity contribution >= 4 is 5.91 Å². The molecule has 2 rings (SSSR count). The van der Waals surface area contributed by atoms with Gasteiger partial charge >= 0.3 is 0 Å². The topological polar surface area (TPSA) is 55.1 Å². The quantitative estimate of drug-likeness (QED) is 0.793. The Morgan fingerprint density at radius 1 is 1.71 bits per heavy atom. The maximum atomic E-state index is 11.4. The highest BCUT2D eigenvalue weighted by Crippen LogP contribution is 2.40. The van der Waals surface area contributed by atoms with E-state index in [9.17, 15) is 4.79 Å². The molecule has 4 heteroatoms. The second-order valence-corrected chi connectivity index (χ2v) is 3.64. The molecule has 1 heterocycles. The molecular formula is C10H14N2O2. The fourth-order valence-corrected chi connectivity index (χ4v) is 1.29. The molecule has 0 unspecified atom stereocenters. The van der Waals surface area contributed by atoms with Gasteiger partial charge in [-0.3, -0.25) is 4.79 Å². The first-order valence-corrected chi connectivity index (χ1v) is 5.06. The first-order valence-electron chi connectivity index (χ1n) is 5.06. The summed E-state index contributed by atoms with van der Waals surface area (Å²) in [5.74, 6) is 1.23. The van der Waals surface area contributed by atoms with Crippen molar-refractivity contribution in [3.8, 4) is 0 Å². The van der Waals surface area contributed by atoms with Crippen LogP contribution in [-0.4, -0.2) is 17.6 Å². The fraction of sp³-hybridized carbons (Fsp3) is 0.600. The molecule has 4 nitrogen and oxygen atoms in total. The Morgan fingerprint density at radius 2 is 2.50 bits per heavy atom. The van der Waals surface area contributed by atoms with E-state index in [4.69, 9.17) is 4.52 Å². The van der Waals surface area contributed by atoms with Gasteiger partial charge < -0.3 is 9.84 Å². The number of carbonyl (C=O) groups excluding carboxylic acids is 1. The number of carbonyl (C=O) groups is 1. The third-order valence-corrected chi connectivity index (χ3v) is 2.28. The van der Waals surface area contributed by atoms with Crippen molar-refractivity contribution in [1.82, 2.24) is 10.5 Å². The Balaban J connectivity index is 1.97. The first kappa shape index (κ1) is 9.24. The maximum Gasteiger partial charge on any atom is 0.273 e. The van der Waals surface area contributed by atoms with E-state index in [1.165, 1.54) is 0 Å². The Hall–Kier alpha value is -1.32. The number of nitrogens with zero attached hydrogens (tertiary/aromatic N) is 1. The monoisotopic (exact) mass is 194 g/mol. The molecule has 0 radical (unpaired) electrons. The summed E-state index contributed by atoms with van der Waals surface area (Å²) in [7, 11) is 0. The zero-order chi connectivity index (χ0) is 9.97. The summed E-state index contributed by atoms with van der Waals surface area (Å²) < 4.78 is 5.08. The van der Waals surface area contributed by atoms with Crippen molar-refractivity contribution in [1.29, 1.82) is 0 Å². The van der Waals surface area contributed by atoms with E-state index in [0.717, 1.165) is 25.0 Å². The van der Waals surface area contributed by atoms with Gasteiger partial charge in [0.15, 0.2) is 5.69 Å². The minimum Gasteiger partial charge on any atom is -0.360 e. The summed E-state index contributed by atoms with van der Waals surface area (Å²) in [6, 6.07) is 1.75. The van der Waals surface area contributed by atoms with Crippen LogP contribution in [0.2, 0.25) is 0 Å². The number of aromatic nitrogens is 1. The predicted molar refractivity (Wildman–Crippen MR) is 51.1 cm³/mol. The van der Waals surface area contributed by atoms with Gasteiger partial charge in [-0.25, -0.2) is 0 Å². The lowest BCUT2D eigenvalue weighted by molar-refractivity contribution is 0.0944. The molecule has 14 heavy (non-hydrogen) atoms. The van der Waals surface area contributed by atoms with Crippen LogP contribution in [0.3, 0.4) is 0 Å². The van der Waals surface area contributed by atoms with E-state index in [-0.39, 0.29) is 5.91 Å². The third-order valence-electron chi connectivity index (χ3n) is 2.28. The van der Waals surface area contributed by atoms with Crippen molar-refractivity contribution in [2.45, 2.75) is 32.1 Å². The van der Waals surface area contributed by atoms with Crippen molar-refractivity contribution < 1.29 is 9.32 Å². The van der Waals surface area contributed by atoms with E-state index in [1.807, 2.05) is 6.92 Å². The van der Waals surface area contributed by atoms with E-state index < -0.39 is 0 Å². The predicted octanol–water partition coefficient (Wildman–Crippen LogP) is 1.69. The van der Waals surface area contributed by atoms with Crippen LogP contribution in [0, 0.1) is 0 Å². The van der Waals surface area contributed by atoms with Gasteiger partial charge in [0.05, 0.1) is 0 Å². The lowest BCUT2D eigenvalue weighted by Crippen LogP contribution is -2.24. The standard InChI is InChI=1S/C10H14N2O2/c1-2-5-11-10(13)8-6-9(14-12-8)7-3-4-7/h6-7H,2-5H2,1H3,(H,11,13). The van der Waals surface area contributed by atoms with Crippen molar-refractivity contribution in [3.63, 3.8) is 0 Å². The van der Waals surface area contributed by atoms with Crippen LogP contribution in [0.15, 0.2) is 10.6 Å². The van der Waals surface area contributed by atoms with Crippen LogP contribution in [0.4, 0.5) is 0 Å². The fourth-order valence-electron chi connectivity index (χ4n) is 1.29. The van der Waals surface area contributed by atoms with Gasteiger partial charge in [0.25, 0.3) is 5.91 Å². The molecule has 1 aromatic heterocycles. The Morgan fingerprint density at radius 3 is 3.14 bits per heavy atom. The summed E-state index contributed by atoms with van der Waals surface area (Å²) in [5, 5.41) is 6.50. The number of rotatable bonds is 4. The molecule has 0 aromatic carbocycles.